The van der Waals surface area contributed by atoms with E-state index in [0.717, 1.165) is 54.7 Å². The number of anilines is 2. The minimum absolute atomic E-state index is 0.0903. The molecule has 1 amide bonds. The summed E-state index contributed by atoms with van der Waals surface area (Å²) in [4.78, 5) is 13.9. The van der Waals surface area contributed by atoms with Crippen LogP contribution in [0.1, 0.15) is 45.6 Å². The van der Waals surface area contributed by atoms with Crippen molar-refractivity contribution in [2.75, 3.05) is 10.0 Å². The van der Waals surface area contributed by atoms with Crippen LogP contribution in [-0.4, -0.2) is 14.3 Å². The minimum atomic E-state index is -3.94. The number of nitrogens with one attached hydrogen (secondary N) is 2. The Morgan fingerprint density at radius 3 is 2.56 bits per heavy atom. The fourth-order valence-corrected chi connectivity index (χ4v) is 5.96. The van der Waals surface area contributed by atoms with Gasteiger partial charge in [0.25, 0.3) is 15.9 Å². The molecule has 1 aliphatic rings. The third kappa shape index (κ3) is 4.66. The third-order valence-electron chi connectivity index (χ3n) is 5.26. The van der Waals surface area contributed by atoms with E-state index < -0.39 is 21.7 Å². The first-order valence-corrected chi connectivity index (χ1v) is 12.4. The van der Waals surface area contributed by atoms with E-state index in [1.165, 1.54) is 35.6 Å². The maximum absolute atomic E-state index is 13.1. The predicted octanol–water partition coefficient (Wildman–Crippen LogP) is 5.08. The van der Waals surface area contributed by atoms with Gasteiger partial charge in [-0.25, -0.2) is 12.8 Å². The number of nitriles is 1. The van der Waals surface area contributed by atoms with E-state index in [9.17, 15) is 22.9 Å². The van der Waals surface area contributed by atoms with E-state index in [1.54, 1.807) is 12.1 Å². The number of nitrogens with zero attached hydrogens (tertiary/aromatic N) is 1. The molecule has 0 fully saturated rings. The number of amides is 1. The number of aryl methyl sites for hydroxylation is 1. The van der Waals surface area contributed by atoms with E-state index in [-0.39, 0.29) is 16.1 Å². The second-order valence-corrected chi connectivity index (χ2v) is 10.3. The van der Waals surface area contributed by atoms with Gasteiger partial charge in [-0.15, -0.1) is 11.3 Å². The van der Waals surface area contributed by atoms with Crippen LogP contribution in [0, 0.1) is 17.1 Å². The highest BCUT2D eigenvalue weighted by atomic mass is 32.2. The average molecular weight is 470 g/mol. The standard InChI is InChI=1S/C23H20FN3O3S2/c24-16-9-11-18(12-10-16)32(29,30)27-17-6-4-5-15(13-17)22(28)26-23-20(14-25)19-7-2-1-3-8-21(19)31-23/h4-6,9-13,27H,1-3,7-8H2,(H,26,28). The fourth-order valence-electron chi connectivity index (χ4n) is 3.68. The topological polar surface area (TPSA) is 99.1 Å². The van der Waals surface area contributed by atoms with Crippen molar-refractivity contribution in [2.24, 2.45) is 0 Å². The van der Waals surface area contributed by atoms with Crippen LogP contribution < -0.4 is 10.0 Å². The van der Waals surface area contributed by atoms with Crippen molar-refractivity contribution in [3.63, 3.8) is 0 Å². The number of hydrogen-bond donors (Lipinski definition) is 2. The normalized spacial score (nSPS) is 13.5. The summed E-state index contributed by atoms with van der Waals surface area (Å²) in [6.45, 7) is 0. The van der Waals surface area contributed by atoms with Gasteiger partial charge in [0, 0.05) is 16.1 Å². The van der Waals surface area contributed by atoms with E-state index in [4.69, 9.17) is 0 Å². The lowest BCUT2D eigenvalue weighted by molar-refractivity contribution is 0.102. The molecule has 32 heavy (non-hydrogen) atoms. The number of halogens is 1. The molecule has 4 rings (SSSR count). The molecule has 0 spiro atoms. The van der Waals surface area contributed by atoms with Gasteiger partial charge in [0.1, 0.15) is 16.9 Å². The van der Waals surface area contributed by atoms with Crippen molar-refractivity contribution < 1.29 is 17.6 Å². The first-order valence-electron chi connectivity index (χ1n) is 10.1. The third-order valence-corrected chi connectivity index (χ3v) is 7.87. The van der Waals surface area contributed by atoms with E-state index in [2.05, 4.69) is 16.1 Å². The number of hydrogen-bond acceptors (Lipinski definition) is 5. The number of benzene rings is 2. The molecular formula is C23H20FN3O3S2. The lowest BCUT2D eigenvalue weighted by Crippen LogP contribution is -2.15. The maximum Gasteiger partial charge on any atom is 0.261 e. The molecule has 2 aromatic carbocycles. The molecule has 0 saturated carbocycles. The Kier molecular flexibility index (Phi) is 6.26. The van der Waals surface area contributed by atoms with Gasteiger partial charge in [-0.2, -0.15) is 5.26 Å². The van der Waals surface area contributed by atoms with Crippen molar-refractivity contribution in [1.29, 1.82) is 5.26 Å². The Bertz CT molecular complexity index is 1310. The van der Waals surface area contributed by atoms with Crippen molar-refractivity contribution in [2.45, 2.75) is 37.0 Å². The SMILES string of the molecule is N#Cc1c(NC(=O)c2cccc(NS(=O)(=O)c3ccc(F)cc3)c2)sc2c1CCCCC2. The van der Waals surface area contributed by atoms with Gasteiger partial charge in [-0.3, -0.25) is 9.52 Å². The van der Waals surface area contributed by atoms with Crippen molar-refractivity contribution in [3.05, 3.63) is 75.9 Å². The molecule has 1 aromatic heterocycles. The van der Waals surface area contributed by atoms with Gasteiger partial charge >= 0.3 is 0 Å². The molecule has 0 radical (unpaired) electrons. The number of sulfonamides is 1. The smallest absolute Gasteiger partial charge is 0.261 e. The number of thiophene rings is 1. The molecule has 6 nitrogen and oxygen atoms in total. The van der Waals surface area contributed by atoms with Gasteiger partial charge < -0.3 is 5.32 Å². The Morgan fingerprint density at radius 1 is 1.06 bits per heavy atom. The second kappa shape index (κ2) is 9.10. The zero-order valence-corrected chi connectivity index (χ0v) is 18.7. The van der Waals surface area contributed by atoms with Gasteiger partial charge in [-0.05, 0) is 73.7 Å². The summed E-state index contributed by atoms with van der Waals surface area (Å²) in [6.07, 6.45) is 4.98. The van der Waals surface area contributed by atoms with Crippen LogP contribution in [0.5, 0.6) is 0 Å². The number of rotatable bonds is 5. The van der Waals surface area contributed by atoms with E-state index in [1.807, 2.05) is 0 Å². The Labute approximate surface area is 189 Å². The van der Waals surface area contributed by atoms with Crippen LogP contribution in [0.2, 0.25) is 0 Å². The summed E-state index contributed by atoms with van der Waals surface area (Å²) in [6, 6.07) is 12.8. The average Bonchev–Trinajstić information content (AvgIpc) is 2.92. The van der Waals surface area contributed by atoms with Crippen LogP contribution in [-0.2, 0) is 22.9 Å². The molecule has 0 bridgehead atoms. The summed E-state index contributed by atoms with van der Waals surface area (Å²) in [5.41, 5.74) is 2.00. The highest BCUT2D eigenvalue weighted by Gasteiger charge is 2.22. The molecule has 0 unspecified atom stereocenters. The van der Waals surface area contributed by atoms with E-state index >= 15 is 0 Å². The largest absolute Gasteiger partial charge is 0.312 e. The van der Waals surface area contributed by atoms with Crippen molar-refractivity contribution in [3.8, 4) is 6.07 Å². The van der Waals surface area contributed by atoms with E-state index in [0.29, 0.717) is 10.6 Å². The predicted molar refractivity (Wildman–Crippen MR) is 122 cm³/mol. The molecule has 1 aliphatic carbocycles. The molecule has 164 valence electrons. The molecule has 0 atom stereocenters. The first kappa shape index (κ1) is 22.0. The highest BCUT2D eigenvalue weighted by Crippen LogP contribution is 2.37. The van der Waals surface area contributed by atoms with Gasteiger partial charge in [0.2, 0.25) is 0 Å². The highest BCUT2D eigenvalue weighted by molar-refractivity contribution is 7.92. The lowest BCUT2D eigenvalue weighted by Gasteiger charge is -2.10. The van der Waals surface area contributed by atoms with Crippen LogP contribution in [0.15, 0.2) is 53.4 Å². The molecule has 0 aliphatic heterocycles. The maximum atomic E-state index is 13.1. The zero-order chi connectivity index (χ0) is 22.7. The summed E-state index contributed by atoms with van der Waals surface area (Å²) in [7, 11) is -3.94. The van der Waals surface area contributed by atoms with Crippen LogP contribution >= 0.6 is 11.3 Å². The number of carbonyl (C=O) groups excluding carboxylic acids is 1. The molecular weight excluding hydrogens is 449 g/mol. The summed E-state index contributed by atoms with van der Waals surface area (Å²) >= 11 is 1.44. The molecule has 1 heterocycles. The number of carbonyl (C=O) groups is 1. The summed E-state index contributed by atoms with van der Waals surface area (Å²) < 4.78 is 40.6. The van der Waals surface area contributed by atoms with Gasteiger partial charge in [0.05, 0.1) is 10.5 Å². The molecule has 9 heteroatoms. The Balaban J connectivity index is 1.54. The quantitative estimate of drug-likeness (QED) is 0.509. The van der Waals surface area contributed by atoms with Gasteiger partial charge in [0.15, 0.2) is 0 Å². The minimum Gasteiger partial charge on any atom is -0.312 e. The monoisotopic (exact) mass is 469 g/mol. The Morgan fingerprint density at radius 2 is 1.81 bits per heavy atom. The van der Waals surface area contributed by atoms with Crippen LogP contribution in [0.25, 0.3) is 0 Å². The fraction of sp³-hybridized carbons (Fsp3) is 0.217. The van der Waals surface area contributed by atoms with Crippen molar-refractivity contribution >= 4 is 38.0 Å². The summed E-state index contributed by atoms with van der Waals surface area (Å²) in [5, 5.41) is 13.0. The first-order chi connectivity index (χ1) is 15.4. The second-order valence-electron chi connectivity index (χ2n) is 7.47. The Hall–Kier alpha value is -3.22. The molecule has 0 saturated heterocycles. The van der Waals surface area contributed by atoms with Crippen LogP contribution in [0.4, 0.5) is 15.1 Å². The lowest BCUT2D eigenvalue weighted by atomic mass is 10.1. The number of fused-ring (bicyclic) bond motifs is 1. The zero-order valence-electron chi connectivity index (χ0n) is 17.0. The van der Waals surface area contributed by atoms with Crippen molar-refractivity contribution in [1.82, 2.24) is 0 Å². The van der Waals surface area contributed by atoms with Gasteiger partial charge in [-0.1, -0.05) is 12.5 Å². The molecule has 2 N–H and O–H groups in total. The summed E-state index contributed by atoms with van der Waals surface area (Å²) in [5.74, 6) is -0.967. The van der Waals surface area contributed by atoms with Crippen LogP contribution in [0.3, 0.4) is 0 Å². The molecule has 3 aromatic rings.